The number of nitrogens with zero attached hydrogens (tertiary/aromatic N) is 4. The number of hydrogen-bond acceptors (Lipinski definition) is 8. The molecule has 0 fully saturated rings. The molecule has 0 spiro atoms. The van der Waals surface area contributed by atoms with Crippen LogP contribution in [0, 0.1) is 0 Å². The molecule has 9 nitrogen and oxygen atoms in total. The molecule has 1 aromatic heterocycles. The van der Waals surface area contributed by atoms with Gasteiger partial charge in [-0.3, -0.25) is 0 Å². The first kappa shape index (κ1) is 16.7. The maximum atomic E-state index is 12.7. The molecule has 0 saturated carbocycles. The van der Waals surface area contributed by atoms with Crippen LogP contribution in [-0.2, 0) is 9.53 Å². The fraction of sp³-hybridized carbons (Fsp3) is 0.375. The summed E-state index contributed by atoms with van der Waals surface area (Å²) in [5, 5.41) is 24.4. The van der Waals surface area contributed by atoms with E-state index in [-0.39, 0.29) is 11.9 Å². The lowest BCUT2D eigenvalue weighted by atomic mass is 9.95. The highest BCUT2D eigenvalue weighted by Crippen LogP contribution is 2.38. The molecule has 0 aliphatic carbocycles. The third kappa shape index (κ3) is 3.00. The van der Waals surface area contributed by atoms with Crippen molar-refractivity contribution in [3.63, 3.8) is 0 Å². The number of fused-ring (bicyclic) bond motifs is 1. The summed E-state index contributed by atoms with van der Waals surface area (Å²) >= 11 is 0. The van der Waals surface area contributed by atoms with Crippen LogP contribution in [-0.4, -0.2) is 44.5 Å². The molecule has 132 valence electrons. The Morgan fingerprint density at radius 3 is 2.84 bits per heavy atom. The lowest BCUT2D eigenvalue weighted by Gasteiger charge is -2.28. The molecule has 9 heteroatoms. The fourth-order valence-corrected chi connectivity index (χ4v) is 2.73. The van der Waals surface area contributed by atoms with Crippen LogP contribution < -0.4 is 10.1 Å². The molecule has 0 radical (unpaired) electrons. The van der Waals surface area contributed by atoms with Crippen LogP contribution >= 0.6 is 0 Å². The normalized spacial score (nSPS) is 16.4. The molecule has 2 heterocycles. The predicted molar refractivity (Wildman–Crippen MR) is 88.2 cm³/mol. The monoisotopic (exact) mass is 345 g/mol. The Hall–Kier alpha value is -3.10. The summed E-state index contributed by atoms with van der Waals surface area (Å²) < 4.78 is 12.1. The van der Waals surface area contributed by atoms with E-state index in [9.17, 15) is 9.90 Å². The van der Waals surface area contributed by atoms with Gasteiger partial charge in [0.05, 0.1) is 18.8 Å². The Balaban J connectivity index is 2.14. The molecule has 1 aromatic carbocycles. The number of aromatic nitrogens is 4. The summed E-state index contributed by atoms with van der Waals surface area (Å²) in [6.07, 6.45) is -0.266. The number of carbonyl (C=O) groups is 1. The average molecular weight is 345 g/mol. The number of allylic oxidation sites excluding steroid dienone is 1. The first-order valence-corrected chi connectivity index (χ1v) is 7.76. The van der Waals surface area contributed by atoms with Gasteiger partial charge in [-0.2, -0.15) is 4.68 Å². The third-order valence-electron chi connectivity index (χ3n) is 3.80. The van der Waals surface area contributed by atoms with E-state index in [1.165, 1.54) is 17.9 Å². The zero-order chi connectivity index (χ0) is 18.1. The van der Waals surface area contributed by atoms with Gasteiger partial charge in [0, 0.05) is 5.70 Å². The van der Waals surface area contributed by atoms with Crippen molar-refractivity contribution in [3.8, 4) is 11.5 Å². The summed E-state index contributed by atoms with van der Waals surface area (Å²) in [4.78, 5) is 12.7. The summed E-state index contributed by atoms with van der Waals surface area (Å²) in [5.41, 5.74) is 1.67. The highest BCUT2D eigenvalue weighted by Gasteiger charge is 2.35. The van der Waals surface area contributed by atoms with E-state index >= 15 is 0 Å². The number of carbonyl (C=O) groups excluding carboxylic acids is 1. The van der Waals surface area contributed by atoms with Crippen LogP contribution in [0.15, 0.2) is 29.5 Å². The Kier molecular flexibility index (Phi) is 4.30. The summed E-state index contributed by atoms with van der Waals surface area (Å²) in [6, 6.07) is 4.23. The number of anilines is 1. The number of aromatic hydroxyl groups is 1. The average Bonchev–Trinajstić information content (AvgIpc) is 3.01. The third-order valence-corrected chi connectivity index (χ3v) is 3.80. The van der Waals surface area contributed by atoms with Crippen molar-refractivity contribution in [1.29, 1.82) is 0 Å². The van der Waals surface area contributed by atoms with Crippen LogP contribution in [0.1, 0.15) is 32.4 Å². The van der Waals surface area contributed by atoms with Crippen molar-refractivity contribution in [2.24, 2.45) is 0 Å². The highest BCUT2D eigenvalue weighted by atomic mass is 16.5. The zero-order valence-electron chi connectivity index (χ0n) is 14.3. The van der Waals surface area contributed by atoms with Crippen LogP contribution in [0.2, 0.25) is 0 Å². The Labute approximate surface area is 144 Å². The number of methoxy groups -OCH3 is 1. The van der Waals surface area contributed by atoms with Crippen LogP contribution in [0.25, 0.3) is 0 Å². The number of phenols is 1. The van der Waals surface area contributed by atoms with Gasteiger partial charge in [0.2, 0.25) is 5.95 Å². The van der Waals surface area contributed by atoms with Gasteiger partial charge < -0.3 is 19.9 Å². The first-order chi connectivity index (χ1) is 11.9. The molecule has 0 saturated heterocycles. The molecule has 2 aromatic rings. The van der Waals surface area contributed by atoms with Crippen LogP contribution in [0.4, 0.5) is 5.95 Å². The second kappa shape index (κ2) is 6.42. The number of rotatable bonds is 4. The molecule has 1 atom stereocenters. The van der Waals surface area contributed by atoms with Crippen molar-refractivity contribution in [2.45, 2.75) is 32.9 Å². The van der Waals surface area contributed by atoms with Crippen molar-refractivity contribution in [1.82, 2.24) is 20.2 Å². The number of esters is 1. The number of benzene rings is 1. The number of phenolic OH excluding ortho intramolecular Hbond substituents is 1. The summed E-state index contributed by atoms with van der Waals surface area (Å²) in [6.45, 7) is 5.33. The zero-order valence-corrected chi connectivity index (χ0v) is 14.3. The molecule has 0 unspecified atom stereocenters. The molecule has 2 N–H and O–H groups in total. The molecular formula is C16H19N5O4. The minimum atomic E-state index is -0.605. The quantitative estimate of drug-likeness (QED) is 0.804. The van der Waals surface area contributed by atoms with Crippen LogP contribution in [0.3, 0.4) is 0 Å². The standard InChI is InChI=1S/C16H19N5O4/c1-8(2)25-15(23)13-9(3)17-16-18-19-20-21(16)14(13)10-5-6-11(22)12(7-10)24-4/h5-8,14,22H,1-4H3,(H,17,18,20)/t14-/m0/s1. The topological polar surface area (TPSA) is 111 Å². The first-order valence-electron chi connectivity index (χ1n) is 7.76. The van der Waals surface area contributed by atoms with Crippen molar-refractivity contribution < 1.29 is 19.4 Å². The molecule has 3 rings (SSSR count). The van der Waals surface area contributed by atoms with Crippen molar-refractivity contribution in [2.75, 3.05) is 12.4 Å². The van der Waals surface area contributed by atoms with Gasteiger partial charge >= 0.3 is 5.97 Å². The van der Waals surface area contributed by atoms with Gasteiger partial charge in [-0.25, -0.2) is 4.79 Å². The maximum absolute atomic E-state index is 12.7. The minimum Gasteiger partial charge on any atom is -0.504 e. The lowest BCUT2D eigenvalue weighted by Crippen LogP contribution is -2.30. The molecule has 0 bridgehead atoms. The Morgan fingerprint density at radius 2 is 2.16 bits per heavy atom. The molecule has 1 aliphatic heterocycles. The molecule has 25 heavy (non-hydrogen) atoms. The number of hydrogen-bond donors (Lipinski definition) is 2. The van der Waals surface area contributed by atoms with Gasteiger partial charge in [-0.15, -0.1) is 0 Å². The van der Waals surface area contributed by atoms with Gasteiger partial charge in [0.1, 0.15) is 6.04 Å². The van der Waals surface area contributed by atoms with E-state index in [1.807, 2.05) is 0 Å². The maximum Gasteiger partial charge on any atom is 0.338 e. The van der Waals surface area contributed by atoms with Crippen LogP contribution in [0.5, 0.6) is 11.5 Å². The van der Waals surface area contributed by atoms with E-state index in [1.54, 1.807) is 32.9 Å². The predicted octanol–water partition coefficient (Wildman–Crippen LogP) is 1.63. The summed E-state index contributed by atoms with van der Waals surface area (Å²) in [7, 11) is 1.46. The van der Waals surface area contributed by atoms with E-state index in [0.29, 0.717) is 28.5 Å². The second-order valence-corrected chi connectivity index (χ2v) is 5.90. The van der Waals surface area contributed by atoms with Crippen molar-refractivity contribution in [3.05, 3.63) is 35.0 Å². The molecule has 0 amide bonds. The highest BCUT2D eigenvalue weighted by molar-refractivity contribution is 5.92. The number of ether oxygens (including phenoxy) is 2. The second-order valence-electron chi connectivity index (χ2n) is 5.90. The van der Waals surface area contributed by atoms with Gasteiger partial charge in [0.15, 0.2) is 11.5 Å². The summed E-state index contributed by atoms with van der Waals surface area (Å²) in [5.74, 6) is 0.248. The van der Waals surface area contributed by atoms with Gasteiger partial charge in [-0.1, -0.05) is 11.2 Å². The Morgan fingerprint density at radius 1 is 1.40 bits per heavy atom. The minimum absolute atomic E-state index is 0.00383. The molecule has 1 aliphatic rings. The smallest absolute Gasteiger partial charge is 0.338 e. The van der Waals surface area contributed by atoms with E-state index in [2.05, 4.69) is 20.8 Å². The SMILES string of the molecule is COc1cc([C@H]2C(C(=O)OC(C)C)=C(C)Nc3nnnn32)ccc1O. The van der Waals surface area contributed by atoms with E-state index < -0.39 is 12.0 Å². The number of tetrazole rings is 1. The molecular weight excluding hydrogens is 326 g/mol. The van der Waals surface area contributed by atoms with E-state index in [4.69, 9.17) is 9.47 Å². The largest absolute Gasteiger partial charge is 0.504 e. The number of nitrogens with one attached hydrogen (secondary N) is 1. The fourth-order valence-electron chi connectivity index (χ4n) is 2.73. The Bertz CT molecular complexity index is 843. The van der Waals surface area contributed by atoms with Crippen molar-refractivity contribution >= 4 is 11.9 Å². The lowest BCUT2D eigenvalue weighted by molar-refractivity contribution is -0.143. The van der Waals surface area contributed by atoms with Gasteiger partial charge in [-0.05, 0) is 48.9 Å². The van der Waals surface area contributed by atoms with Gasteiger partial charge in [0.25, 0.3) is 0 Å². The van der Waals surface area contributed by atoms with E-state index in [0.717, 1.165) is 0 Å².